The van der Waals surface area contributed by atoms with Crippen molar-refractivity contribution in [2.75, 3.05) is 0 Å². The number of nitrogens with two attached hydrogens (primary N) is 1. The Morgan fingerprint density at radius 3 is 2.94 bits per heavy atom. The van der Waals surface area contributed by atoms with Crippen molar-refractivity contribution >= 4 is 11.6 Å². The van der Waals surface area contributed by atoms with Crippen molar-refractivity contribution in [3.05, 3.63) is 53.1 Å². The Hall–Kier alpha value is -1.32. The minimum Gasteiger partial charge on any atom is -0.350 e. The van der Waals surface area contributed by atoms with Crippen molar-refractivity contribution in [2.45, 2.75) is 19.5 Å². The Kier molecular flexibility index (Phi) is 3.27. The number of hydrogen-bond donors (Lipinski definition) is 1. The summed E-state index contributed by atoms with van der Waals surface area (Å²) in [5.41, 5.74) is 7.99. The molecular weight excluding hydrogens is 222 g/mol. The first-order chi connectivity index (χ1) is 7.66. The third kappa shape index (κ3) is 2.43. The van der Waals surface area contributed by atoms with Gasteiger partial charge in [0.05, 0.1) is 5.02 Å². The largest absolute Gasteiger partial charge is 0.350 e. The standard InChI is InChI=1S/C12H14ClN3/c1-9(14)10-3-5-16(7-10)8-11-2-4-15-6-12(11)13/h2-7,9H,8,14H2,1H3. The van der Waals surface area contributed by atoms with Gasteiger partial charge >= 0.3 is 0 Å². The molecule has 2 rings (SSSR count). The number of halogens is 1. The van der Waals surface area contributed by atoms with Crippen LogP contribution in [-0.2, 0) is 6.54 Å². The Bertz CT molecular complexity index is 477. The van der Waals surface area contributed by atoms with Gasteiger partial charge in [-0.25, -0.2) is 0 Å². The summed E-state index contributed by atoms with van der Waals surface area (Å²) < 4.78 is 2.07. The molecule has 2 aromatic rings. The zero-order chi connectivity index (χ0) is 11.5. The molecule has 4 heteroatoms. The fourth-order valence-corrected chi connectivity index (χ4v) is 1.74. The summed E-state index contributed by atoms with van der Waals surface area (Å²) in [4.78, 5) is 3.96. The number of nitrogens with zero attached hydrogens (tertiary/aromatic N) is 2. The Labute approximate surface area is 99.9 Å². The van der Waals surface area contributed by atoms with Crippen LogP contribution in [-0.4, -0.2) is 9.55 Å². The van der Waals surface area contributed by atoms with E-state index in [-0.39, 0.29) is 6.04 Å². The average Bonchev–Trinajstić information content (AvgIpc) is 2.70. The van der Waals surface area contributed by atoms with Crippen molar-refractivity contribution < 1.29 is 0 Å². The molecular formula is C12H14ClN3. The highest BCUT2D eigenvalue weighted by molar-refractivity contribution is 6.31. The monoisotopic (exact) mass is 235 g/mol. The van der Waals surface area contributed by atoms with E-state index in [1.165, 1.54) is 0 Å². The molecule has 0 amide bonds. The highest BCUT2D eigenvalue weighted by Crippen LogP contribution is 2.16. The summed E-state index contributed by atoms with van der Waals surface area (Å²) in [6.45, 7) is 2.72. The Morgan fingerprint density at radius 1 is 1.50 bits per heavy atom. The third-order valence-corrected chi connectivity index (χ3v) is 2.85. The van der Waals surface area contributed by atoms with Crippen molar-refractivity contribution in [3.63, 3.8) is 0 Å². The minimum absolute atomic E-state index is 0.0640. The van der Waals surface area contributed by atoms with Crippen LogP contribution in [0.1, 0.15) is 24.1 Å². The maximum absolute atomic E-state index is 6.04. The molecule has 84 valence electrons. The van der Waals surface area contributed by atoms with E-state index < -0.39 is 0 Å². The van der Waals surface area contributed by atoms with Gasteiger partial charge in [0.15, 0.2) is 0 Å². The van der Waals surface area contributed by atoms with Crippen LogP contribution in [0.15, 0.2) is 36.9 Å². The molecule has 0 aliphatic heterocycles. The zero-order valence-electron chi connectivity index (χ0n) is 9.10. The Balaban J connectivity index is 2.18. The van der Waals surface area contributed by atoms with Gasteiger partial charge in [-0.1, -0.05) is 11.6 Å². The molecule has 2 heterocycles. The summed E-state index contributed by atoms with van der Waals surface area (Å²) in [5, 5.41) is 0.693. The van der Waals surface area contributed by atoms with Gasteiger partial charge in [-0.3, -0.25) is 4.98 Å². The van der Waals surface area contributed by atoms with E-state index in [2.05, 4.69) is 9.55 Å². The molecule has 0 aliphatic rings. The van der Waals surface area contributed by atoms with Crippen LogP contribution < -0.4 is 5.73 Å². The topological polar surface area (TPSA) is 43.8 Å². The lowest BCUT2D eigenvalue weighted by Crippen LogP contribution is -2.04. The first-order valence-corrected chi connectivity index (χ1v) is 5.54. The predicted molar refractivity (Wildman–Crippen MR) is 65.4 cm³/mol. The van der Waals surface area contributed by atoms with E-state index in [9.17, 15) is 0 Å². The summed E-state index contributed by atoms with van der Waals surface area (Å²) in [5.74, 6) is 0. The molecule has 0 bridgehead atoms. The second kappa shape index (κ2) is 4.68. The van der Waals surface area contributed by atoms with Crippen LogP contribution in [0.25, 0.3) is 0 Å². The number of pyridine rings is 1. The lowest BCUT2D eigenvalue weighted by Gasteiger charge is -2.05. The first kappa shape index (κ1) is 11.2. The second-order valence-corrected chi connectivity index (χ2v) is 4.28. The highest BCUT2D eigenvalue weighted by Gasteiger charge is 2.04. The van der Waals surface area contributed by atoms with Gasteiger partial charge in [0.1, 0.15) is 0 Å². The van der Waals surface area contributed by atoms with Gasteiger partial charge in [0.2, 0.25) is 0 Å². The van der Waals surface area contributed by atoms with Gasteiger partial charge < -0.3 is 10.3 Å². The quantitative estimate of drug-likeness (QED) is 0.889. The van der Waals surface area contributed by atoms with Crippen LogP contribution in [0.4, 0.5) is 0 Å². The van der Waals surface area contributed by atoms with Crippen molar-refractivity contribution in [3.8, 4) is 0 Å². The van der Waals surface area contributed by atoms with E-state index in [1.54, 1.807) is 12.4 Å². The maximum Gasteiger partial charge on any atom is 0.0639 e. The lowest BCUT2D eigenvalue weighted by atomic mass is 10.2. The summed E-state index contributed by atoms with van der Waals surface area (Å²) in [7, 11) is 0. The minimum atomic E-state index is 0.0640. The molecule has 3 nitrogen and oxygen atoms in total. The van der Waals surface area contributed by atoms with Crippen molar-refractivity contribution in [2.24, 2.45) is 5.73 Å². The molecule has 0 radical (unpaired) electrons. The van der Waals surface area contributed by atoms with E-state index in [0.29, 0.717) is 5.02 Å². The number of rotatable bonds is 3. The molecule has 0 aliphatic carbocycles. The molecule has 2 N–H and O–H groups in total. The van der Waals surface area contributed by atoms with Crippen LogP contribution in [0, 0.1) is 0 Å². The van der Waals surface area contributed by atoms with Gasteiger partial charge in [-0.15, -0.1) is 0 Å². The average molecular weight is 236 g/mol. The van der Waals surface area contributed by atoms with E-state index >= 15 is 0 Å². The van der Waals surface area contributed by atoms with E-state index in [4.69, 9.17) is 17.3 Å². The number of aromatic nitrogens is 2. The molecule has 0 aromatic carbocycles. The fraction of sp³-hybridized carbons (Fsp3) is 0.250. The lowest BCUT2D eigenvalue weighted by molar-refractivity contribution is 0.777. The third-order valence-electron chi connectivity index (χ3n) is 2.51. The smallest absolute Gasteiger partial charge is 0.0639 e. The van der Waals surface area contributed by atoms with Crippen LogP contribution in [0.2, 0.25) is 5.02 Å². The first-order valence-electron chi connectivity index (χ1n) is 5.16. The molecule has 2 aromatic heterocycles. The molecule has 0 fully saturated rings. The van der Waals surface area contributed by atoms with Gasteiger partial charge in [-0.2, -0.15) is 0 Å². The van der Waals surface area contributed by atoms with Crippen molar-refractivity contribution in [1.29, 1.82) is 0 Å². The van der Waals surface area contributed by atoms with Gasteiger partial charge in [-0.05, 0) is 30.2 Å². The highest BCUT2D eigenvalue weighted by atomic mass is 35.5. The SMILES string of the molecule is CC(N)c1ccn(Cc2ccncc2Cl)c1. The fourth-order valence-electron chi connectivity index (χ4n) is 1.56. The van der Waals surface area contributed by atoms with Crippen molar-refractivity contribution in [1.82, 2.24) is 9.55 Å². The predicted octanol–water partition coefficient (Wildman–Crippen LogP) is 2.60. The summed E-state index contributed by atoms with van der Waals surface area (Å²) in [6.07, 6.45) is 7.46. The summed E-state index contributed by atoms with van der Waals surface area (Å²) in [6, 6.07) is 4.02. The molecule has 0 spiro atoms. The van der Waals surface area contributed by atoms with Gasteiger partial charge in [0.25, 0.3) is 0 Å². The molecule has 0 saturated carbocycles. The van der Waals surface area contributed by atoms with Gasteiger partial charge in [0, 0.05) is 37.4 Å². The zero-order valence-corrected chi connectivity index (χ0v) is 9.85. The maximum atomic E-state index is 6.04. The molecule has 16 heavy (non-hydrogen) atoms. The molecule has 0 saturated heterocycles. The van der Waals surface area contributed by atoms with Crippen LogP contribution >= 0.6 is 11.6 Å². The number of hydrogen-bond acceptors (Lipinski definition) is 2. The normalized spacial score (nSPS) is 12.7. The summed E-state index contributed by atoms with van der Waals surface area (Å²) >= 11 is 6.04. The van der Waals surface area contributed by atoms with Crippen LogP contribution in [0.5, 0.6) is 0 Å². The second-order valence-electron chi connectivity index (χ2n) is 3.87. The van der Waals surface area contributed by atoms with Crippen LogP contribution in [0.3, 0.4) is 0 Å². The molecule has 1 unspecified atom stereocenters. The Morgan fingerprint density at radius 2 is 2.31 bits per heavy atom. The van der Waals surface area contributed by atoms with E-state index in [1.807, 2.05) is 31.5 Å². The van der Waals surface area contributed by atoms with E-state index in [0.717, 1.165) is 17.7 Å². The molecule has 1 atom stereocenters.